The van der Waals surface area contributed by atoms with Gasteiger partial charge in [0.15, 0.2) is 0 Å². The lowest BCUT2D eigenvalue weighted by Gasteiger charge is -2.03. The van der Waals surface area contributed by atoms with Gasteiger partial charge in [-0.1, -0.05) is 13.8 Å². The van der Waals surface area contributed by atoms with E-state index >= 15 is 0 Å². The van der Waals surface area contributed by atoms with Gasteiger partial charge in [-0.2, -0.15) is 0 Å². The van der Waals surface area contributed by atoms with Crippen LogP contribution in [0.15, 0.2) is 0 Å². The Morgan fingerprint density at radius 1 is 1.42 bits per heavy atom. The summed E-state index contributed by atoms with van der Waals surface area (Å²) < 4.78 is 17.4. The minimum atomic E-state index is -4.73. The van der Waals surface area contributed by atoms with Crippen LogP contribution in [0, 0.1) is 0 Å². The second-order valence-electron chi connectivity index (χ2n) is 1.26. The third-order valence-electron chi connectivity index (χ3n) is 0.456. The van der Waals surface area contributed by atoms with Crippen molar-refractivity contribution >= 4 is 14.0 Å². The number of carbonyl (C=O) groups is 1. The SMILES string of the molecule is CC.CCOC(=O)OP(=O)(O)O. The van der Waals surface area contributed by atoms with E-state index in [1.54, 1.807) is 0 Å². The Kier molecular flexibility index (Phi) is 8.26. The van der Waals surface area contributed by atoms with Gasteiger partial charge in [0.05, 0.1) is 6.61 Å². The molecule has 0 bridgehead atoms. The first kappa shape index (κ1) is 14.0. The van der Waals surface area contributed by atoms with Gasteiger partial charge in [-0.25, -0.2) is 9.36 Å². The number of carbonyl (C=O) groups excluding carboxylic acids is 1. The molecule has 0 atom stereocenters. The van der Waals surface area contributed by atoms with Gasteiger partial charge < -0.3 is 9.26 Å². The van der Waals surface area contributed by atoms with Crippen LogP contribution in [-0.4, -0.2) is 22.5 Å². The van der Waals surface area contributed by atoms with Crippen molar-refractivity contribution in [1.82, 2.24) is 0 Å². The van der Waals surface area contributed by atoms with E-state index in [0.717, 1.165) is 0 Å². The summed E-state index contributed by atoms with van der Waals surface area (Å²) in [4.78, 5) is 26.1. The van der Waals surface area contributed by atoms with Gasteiger partial charge in [-0.05, 0) is 6.92 Å². The van der Waals surface area contributed by atoms with Crippen LogP contribution in [0.4, 0.5) is 4.79 Å². The number of rotatable bonds is 2. The van der Waals surface area contributed by atoms with Gasteiger partial charge in [0.25, 0.3) is 0 Å². The largest absolute Gasteiger partial charge is 0.529 e. The first-order valence-corrected chi connectivity index (χ1v) is 4.90. The predicted molar refractivity (Wildman–Crippen MR) is 41.5 cm³/mol. The fourth-order valence-corrected chi connectivity index (χ4v) is 0.488. The number of hydrogen-bond acceptors (Lipinski definition) is 4. The number of phosphoric acid groups is 1. The minimum Gasteiger partial charge on any atom is -0.434 e. The maximum absolute atomic E-state index is 10.1. The highest BCUT2D eigenvalue weighted by Crippen LogP contribution is 2.36. The van der Waals surface area contributed by atoms with Crippen molar-refractivity contribution < 1.29 is 28.4 Å². The number of hydrogen-bond donors (Lipinski definition) is 2. The first-order chi connectivity index (χ1) is 5.45. The fourth-order valence-electron chi connectivity index (χ4n) is 0.241. The first-order valence-electron chi connectivity index (χ1n) is 3.37. The van der Waals surface area contributed by atoms with Gasteiger partial charge in [0, 0.05) is 0 Å². The summed E-state index contributed by atoms with van der Waals surface area (Å²) in [5.41, 5.74) is 0. The highest BCUT2D eigenvalue weighted by atomic mass is 31.2. The Morgan fingerprint density at radius 3 is 2.08 bits per heavy atom. The summed E-state index contributed by atoms with van der Waals surface area (Å²) in [7, 11) is -4.73. The van der Waals surface area contributed by atoms with E-state index in [1.807, 2.05) is 13.8 Å². The molecule has 0 saturated carbocycles. The van der Waals surface area contributed by atoms with Crippen LogP contribution in [0.2, 0.25) is 0 Å². The van der Waals surface area contributed by atoms with Gasteiger partial charge in [0.1, 0.15) is 0 Å². The van der Waals surface area contributed by atoms with Crippen molar-refractivity contribution in [3.63, 3.8) is 0 Å². The summed E-state index contributed by atoms with van der Waals surface area (Å²) in [6.07, 6.45) is -1.36. The lowest BCUT2D eigenvalue weighted by Crippen LogP contribution is -2.04. The van der Waals surface area contributed by atoms with Crippen molar-refractivity contribution in [2.24, 2.45) is 0 Å². The minimum absolute atomic E-state index is 0.0127. The van der Waals surface area contributed by atoms with E-state index in [-0.39, 0.29) is 6.61 Å². The van der Waals surface area contributed by atoms with Crippen LogP contribution in [0.5, 0.6) is 0 Å². The molecule has 0 aliphatic heterocycles. The standard InChI is InChI=1S/C3H7O6P.C2H6/c1-2-8-3(4)9-10(5,6)7;1-2/h2H2,1H3,(H2,5,6,7);1-2H3. The van der Waals surface area contributed by atoms with Crippen LogP contribution in [0.25, 0.3) is 0 Å². The normalized spacial score (nSPS) is 9.42. The molecule has 0 radical (unpaired) electrons. The summed E-state index contributed by atoms with van der Waals surface area (Å²) in [6.45, 7) is 5.50. The quantitative estimate of drug-likeness (QED) is 0.515. The van der Waals surface area contributed by atoms with Crippen molar-refractivity contribution in [2.75, 3.05) is 6.61 Å². The molecule has 0 aliphatic rings. The van der Waals surface area contributed by atoms with Crippen LogP contribution in [0.1, 0.15) is 20.8 Å². The Hall–Kier alpha value is -0.580. The van der Waals surface area contributed by atoms with Gasteiger partial charge >= 0.3 is 14.0 Å². The molecule has 2 N–H and O–H groups in total. The Balaban J connectivity index is 0. The average Bonchev–Trinajstić information content (AvgIpc) is 1.88. The average molecular weight is 200 g/mol. The highest BCUT2D eigenvalue weighted by molar-refractivity contribution is 7.46. The molecule has 0 aromatic rings. The van der Waals surface area contributed by atoms with Crippen LogP contribution in [-0.2, 0) is 13.8 Å². The summed E-state index contributed by atoms with van der Waals surface area (Å²) in [5, 5.41) is 0. The molecule has 6 nitrogen and oxygen atoms in total. The molecular weight excluding hydrogens is 187 g/mol. The molecule has 0 fully saturated rings. The second kappa shape index (κ2) is 7.09. The molecule has 0 rings (SSSR count). The zero-order valence-electron chi connectivity index (χ0n) is 7.18. The topological polar surface area (TPSA) is 93.1 Å². The molecule has 0 saturated heterocycles. The lowest BCUT2D eigenvalue weighted by molar-refractivity contribution is 0.0906. The third kappa shape index (κ3) is 12.1. The maximum atomic E-state index is 10.1. The van der Waals surface area contributed by atoms with E-state index in [9.17, 15) is 9.36 Å². The second-order valence-corrected chi connectivity index (χ2v) is 2.43. The molecule has 0 spiro atoms. The van der Waals surface area contributed by atoms with E-state index in [0.29, 0.717) is 0 Å². The molecule has 0 amide bonds. The molecule has 0 heterocycles. The van der Waals surface area contributed by atoms with E-state index < -0.39 is 14.0 Å². The maximum Gasteiger partial charge on any atom is 0.529 e. The summed E-state index contributed by atoms with van der Waals surface area (Å²) in [5.74, 6) is 0. The number of phosphoric ester groups is 1. The van der Waals surface area contributed by atoms with E-state index in [2.05, 4.69) is 9.26 Å². The Labute approximate surface area is 70.7 Å². The molecule has 0 aliphatic carbocycles. The lowest BCUT2D eigenvalue weighted by atomic mass is 10.9. The predicted octanol–water partition coefficient (Wildman–Crippen LogP) is 1.28. The zero-order valence-corrected chi connectivity index (χ0v) is 8.08. The Morgan fingerprint density at radius 2 is 1.83 bits per heavy atom. The van der Waals surface area contributed by atoms with Gasteiger partial charge in [0.2, 0.25) is 0 Å². The molecular formula is C5H13O6P. The van der Waals surface area contributed by atoms with Crippen molar-refractivity contribution in [3.05, 3.63) is 0 Å². The van der Waals surface area contributed by atoms with E-state index in [1.165, 1.54) is 6.92 Å². The van der Waals surface area contributed by atoms with E-state index in [4.69, 9.17) is 9.79 Å². The van der Waals surface area contributed by atoms with Crippen LogP contribution < -0.4 is 0 Å². The van der Waals surface area contributed by atoms with Crippen molar-refractivity contribution in [3.8, 4) is 0 Å². The molecule has 0 unspecified atom stereocenters. The smallest absolute Gasteiger partial charge is 0.434 e. The monoisotopic (exact) mass is 200 g/mol. The van der Waals surface area contributed by atoms with Gasteiger partial charge in [-0.15, -0.1) is 0 Å². The molecule has 0 aromatic heterocycles. The van der Waals surface area contributed by atoms with Crippen molar-refractivity contribution in [2.45, 2.75) is 20.8 Å². The Bertz CT molecular complexity index is 161. The molecule has 7 heteroatoms. The highest BCUT2D eigenvalue weighted by Gasteiger charge is 2.20. The molecule has 12 heavy (non-hydrogen) atoms. The number of ether oxygens (including phenoxy) is 1. The third-order valence-corrected chi connectivity index (χ3v) is 0.843. The fraction of sp³-hybridized carbons (Fsp3) is 0.800. The zero-order chi connectivity index (χ0) is 10.2. The van der Waals surface area contributed by atoms with Crippen molar-refractivity contribution in [1.29, 1.82) is 0 Å². The van der Waals surface area contributed by atoms with Crippen LogP contribution >= 0.6 is 7.82 Å². The summed E-state index contributed by atoms with van der Waals surface area (Å²) in [6, 6.07) is 0. The molecule has 0 aromatic carbocycles. The molecule has 74 valence electrons. The van der Waals surface area contributed by atoms with Gasteiger partial charge in [-0.3, -0.25) is 9.79 Å². The van der Waals surface area contributed by atoms with Crippen LogP contribution in [0.3, 0.4) is 0 Å². The summed E-state index contributed by atoms with van der Waals surface area (Å²) >= 11 is 0.